The number of rotatable bonds is 3. The Labute approximate surface area is 115 Å². The summed E-state index contributed by atoms with van der Waals surface area (Å²) in [5.74, 6) is -0.512. The fourth-order valence-corrected chi connectivity index (χ4v) is 3.38. The van der Waals surface area contributed by atoms with Crippen LogP contribution in [0.2, 0.25) is 0 Å². The first-order chi connectivity index (χ1) is 9.18. The summed E-state index contributed by atoms with van der Waals surface area (Å²) in [6, 6.07) is 9.27. The Morgan fingerprint density at radius 3 is 2.74 bits per heavy atom. The van der Waals surface area contributed by atoms with Gasteiger partial charge in [0, 0.05) is 5.56 Å². The molecule has 3 nitrogen and oxygen atoms in total. The largest absolute Gasteiger partial charge is 0.369 e. The molecule has 2 aromatic rings. The van der Waals surface area contributed by atoms with E-state index in [9.17, 15) is 9.59 Å². The number of hydrogen-bond donors (Lipinski definition) is 1. The molecule has 1 aromatic carbocycles. The van der Waals surface area contributed by atoms with Crippen LogP contribution in [0.3, 0.4) is 0 Å². The van der Waals surface area contributed by atoms with Crippen LogP contribution in [-0.2, 0) is 11.2 Å². The SMILES string of the molecule is NC(=O)C1CCc2c(C(=O)c3cccs3)cccc21. The number of primary amides is 1. The van der Waals surface area contributed by atoms with Crippen molar-refractivity contribution in [1.82, 2.24) is 0 Å². The molecule has 1 unspecified atom stereocenters. The third-order valence-electron chi connectivity index (χ3n) is 3.60. The second-order valence-electron chi connectivity index (χ2n) is 4.67. The number of thiophene rings is 1. The van der Waals surface area contributed by atoms with Crippen molar-refractivity contribution in [1.29, 1.82) is 0 Å². The Bertz CT molecular complexity index is 646. The Morgan fingerprint density at radius 1 is 1.21 bits per heavy atom. The minimum absolute atomic E-state index is 0.0389. The smallest absolute Gasteiger partial charge is 0.224 e. The summed E-state index contributed by atoms with van der Waals surface area (Å²) in [7, 11) is 0. The lowest BCUT2D eigenvalue weighted by Gasteiger charge is -2.09. The molecule has 0 spiro atoms. The summed E-state index contributed by atoms with van der Waals surface area (Å²) in [5.41, 5.74) is 8.04. The lowest BCUT2D eigenvalue weighted by atomic mass is 9.96. The molecule has 0 saturated carbocycles. The number of ketones is 1. The summed E-state index contributed by atoms with van der Waals surface area (Å²) >= 11 is 1.44. The molecule has 1 atom stereocenters. The average molecular weight is 271 g/mol. The lowest BCUT2D eigenvalue weighted by Crippen LogP contribution is -2.19. The van der Waals surface area contributed by atoms with Gasteiger partial charge < -0.3 is 5.73 Å². The van der Waals surface area contributed by atoms with Gasteiger partial charge in [0.25, 0.3) is 0 Å². The van der Waals surface area contributed by atoms with E-state index in [4.69, 9.17) is 5.73 Å². The zero-order chi connectivity index (χ0) is 13.4. The van der Waals surface area contributed by atoms with Crippen molar-refractivity contribution in [3.05, 3.63) is 57.3 Å². The van der Waals surface area contributed by atoms with Crippen molar-refractivity contribution in [3.8, 4) is 0 Å². The quantitative estimate of drug-likeness (QED) is 0.872. The molecule has 0 aliphatic heterocycles. The third-order valence-corrected chi connectivity index (χ3v) is 4.47. The second-order valence-corrected chi connectivity index (χ2v) is 5.62. The Hall–Kier alpha value is -1.94. The van der Waals surface area contributed by atoms with E-state index in [1.54, 1.807) is 0 Å². The molecule has 1 amide bonds. The molecule has 19 heavy (non-hydrogen) atoms. The third kappa shape index (κ3) is 1.98. The van der Waals surface area contributed by atoms with Crippen LogP contribution in [0, 0.1) is 0 Å². The van der Waals surface area contributed by atoms with Gasteiger partial charge in [-0.25, -0.2) is 0 Å². The molecule has 1 aliphatic rings. The van der Waals surface area contributed by atoms with E-state index in [-0.39, 0.29) is 17.6 Å². The molecule has 1 heterocycles. The highest BCUT2D eigenvalue weighted by atomic mass is 32.1. The monoisotopic (exact) mass is 271 g/mol. The van der Waals surface area contributed by atoms with Crippen molar-refractivity contribution in [2.75, 3.05) is 0 Å². The van der Waals surface area contributed by atoms with Crippen LogP contribution in [0.15, 0.2) is 35.7 Å². The van der Waals surface area contributed by atoms with Crippen LogP contribution >= 0.6 is 11.3 Å². The van der Waals surface area contributed by atoms with E-state index in [1.165, 1.54) is 11.3 Å². The number of carbonyl (C=O) groups is 2. The molecule has 0 bridgehead atoms. The average Bonchev–Trinajstić information content (AvgIpc) is 3.06. The van der Waals surface area contributed by atoms with Crippen molar-refractivity contribution >= 4 is 23.0 Å². The molecule has 0 radical (unpaired) electrons. The maximum atomic E-state index is 12.4. The molecular formula is C15H13NO2S. The molecule has 0 fully saturated rings. The number of nitrogens with two attached hydrogens (primary N) is 1. The standard InChI is InChI=1S/C15H13NO2S/c16-15(18)12-7-6-10-9(12)3-1-4-11(10)14(17)13-5-2-8-19-13/h1-5,8,12H,6-7H2,(H2,16,18). The summed E-state index contributed by atoms with van der Waals surface area (Å²) < 4.78 is 0. The van der Waals surface area contributed by atoms with E-state index in [2.05, 4.69) is 0 Å². The van der Waals surface area contributed by atoms with Crippen LogP contribution in [0.25, 0.3) is 0 Å². The van der Waals surface area contributed by atoms with Gasteiger partial charge in [-0.2, -0.15) is 0 Å². The molecule has 1 aliphatic carbocycles. The molecule has 96 valence electrons. The van der Waals surface area contributed by atoms with Gasteiger partial charge in [-0.3, -0.25) is 9.59 Å². The lowest BCUT2D eigenvalue weighted by molar-refractivity contribution is -0.119. The first kappa shape index (κ1) is 12.1. The van der Waals surface area contributed by atoms with Crippen LogP contribution in [0.4, 0.5) is 0 Å². The molecule has 3 rings (SSSR count). The molecule has 4 heteroatoms. The van der Waals surface area contributed by atoms with Gasteiger partial charge in [0.05, 0.1) is 10.8 Å². The first-order valence-corrected chi connectivity index (χ1v) is 7.05. The highest BCUT2D eigenvalue weighted by Gasteiger charge is 2.30. The van der Waals surface area contributed by atoms with Crippen molar-refractivity contribution in [3.63, 3.8) is 0 Å². The highest BCUT2D eigenvalue weighted by molar-refractivity contribution is 7.12. The van der Waals surface area contributed by atoms with Gasteiger partial charge in [-0.15, -0.1) is 11.3 Å². The summed E-state index contributed by atoms with van der Waals surface area (Å²) in [4.78, 5) is 24.6. The van der Waals surface area contributed by atoms with Gasteiger partial charge in [-0.1, -0.05) is 24.3 Å². The van der Waals surface area contributed by atoms with Crippen LogP contribution in [0.5, 0.6) is 0 Å². The fraction of sp³-hybridized carbons (Fsp3) is 0.200. The zero-order valence-electron chi connectivity index (χ0n) is 10.3. The van der Waals surface area contributed by atoms with Gasteiger partial charge >= 0.3 is 0 Å². The Kier molecular flexibility index (Phi) is 2.95. The number of carbonyl (C=O) groups excluding carboxylic acids is 2. The number of benzene rings is 1. The summed E-state index contributed by atoms with van der Waals surface area (Å²) in [6.07, 6.45) is 1.45. The number of fused-ring (bicyclic) bond motifs is 1. The minimum atomic E-state index is -0.306. The van der Waals surface area contributed by atoms with Crippen LogP contribution in [-0.4, -0.2) is 11.7 Å². The predicted octanol–water partition coefficient (Wildman–Crippen LogP) is 2.49. The van der Waals surface area contributed by atoms with Crippen LogP contribution in [0.1, 0.15) is 38.7 Å². The van der Waals surface area contributed by atoms with Gasteiger partial charge in [0.2, 0.25) is 11.7 Å². The van der Waals surface area contributed by atoms with Crippen LogP contribution < -0.4 is 5.73 Å². The Morgan fingerprint density at radius 2 is 2.05 bits per heavy atom. The van der Waals surface area contributed by atoms with E-state index < -0.39 is 0 Å². The van der Waals surface area contributed by atoms with E-state index in [0.717, 1.165) is 22.4 Å². The molecule has 1 aromatic heterocycles. The van der Waals surface area contributed by atoms with Gasteiger partial charge in [-0.05, 0) is 35.4 Å². The minimum Gasteiger partial charge on any atom is -0.369 e. The molecule has 2 N–H and O–H groups in total. The summed E-state index contributed by atoms with van der Waals surface area (Å²) in [5, 5.41) is 1.89. The Balaban J connectivity index is 2.06. The second kappa shape index (κ2) is 4.63. The fourth-order valence-electron chi connectivity index (χ4n) is 2.70. The van der Waals surface area contributed by atoms with E-state index in [1.807, 2.05) is 35.7 Å². The maximum absolute atomic E-state index is 12.4. The topological polar surface area (TPSA) is 60.2 Å². The van der Waals surface area contributed by atoms with Gasteiger partial charge in [0.1, 0.15) is 0 Å². The van der Waals surface area contributed by atoms with E-state index >= 15 is 0 Å². The van der Waals surface area contributed by atoms with Gasteiger partial charge in [0.15, 0.2) is 0 Å². The molecule has 0 saturated heterocycles. The number of amides is 1. The van der Waals surface area contributed by atoms with Crippen molar-refractivity contribution < 1.29 is 9.59 Å². The zero-order valence-corrected chi connectivity index (χ0v) is 11.1. The predicted molar refractivity (Wildman–Crippen MR) is 74.4 cm³/mol. The first-order valence-electron chi connectivity index (χ1n) is 6.18. The maximum Gasteiger partial charge on any atom is 0.224 e. The number of hydrogen-bond acceptors (Lipinski definition) is 3. The molecular weight excluding hydrogens is 258 g/mol. The highest BCUT2D eigenvalue weighted by Crippen LogP contribution is 2.35. The van der Waals surface area contributed by atoms with E-state index in [0.29, 0.717) is 12.0 Å². The van der Waals surface area contributed by atoms with Crippen molar-refractivity contribution in [2.45, 2.75) is 18.8 Å². The normalized spacial score (nSPS) is 17.2. The van der Waals surface area contributed by atoms with Crippen molar-refractivity contribution in [2.24, 2.45) is 5.73 Å². The summed E-state index contributed by atoms with van der Waals surface area (Å²) in [6.45, 7) is 0.